The molecule has 2 aromatic rings. The lowest BCUT2D eigenvalue weighted by atomic mass is 9.95. The van der Waals surface area contributed by atoms with Crippen LogP contribution in [0.4, 0.5) is 4.79 Å². The van der Waals surface area contributed by atoms with Gasteiger partial charge in [0.2, 0.25) is 0 Å². The number of ether oxygens (including phenoxy) is 4. The van der Waals surface area contributed by atoms with E-state index in [4.69, 9.17) is 18.9 Å². The highest BCUT2D eigenvalue weighted by molar-refractivity contribution is 14.1. The van der Waals surface area contributed by atoms with Gasteiger partial charge in [0.1, 0.15) is 5.75 Å². The Morgan fingerprint density at radius 3 is 2.45 bits per heavy atom. The molecule has 0 saturated carbocycles. The van der Waals surface area contributed by atoms with Gasteiger partial charge in [-0.2, -0.15) is 5.10 Å². The van der Waals surface area contributed by atoms with Crippen molar-refractivity contribution in [2.75, 3.05) is 27.4 Å². The van der Waals surface area contributed by atoms with Crippen LogP contribution in [0.2, 0.25) is 0 Å². The quantitative estimate of drug-likeness (QED) is 0.146. The first-order valence-corrected chi connectivity index (χ1v) is 13.4. The number of carbonyl (C=O) groups is 3. The molecule has 1 atom stereocenters. The van der Waals surface area contributed by atoms with E-state index in [9.17, 15) is 14.4 Å². The number of carbonyl (C=O) groups excluding carboxylic acids is 3. The van der Waals surface area contributed by atoms with Crippen LogP contribution in [-0.4, -0.2) is 51.6 Å². The van der Waals surface area contributed by atoms with Gasteiger partial charge in [0.05, 0.1) is 45.8 Å². The van der Waals surface area contributed by atoms with Crippen LogP contribution >= 0.6 is 45.2 Å². The predicted molar refractivity (Wildman–Crippen MR) is 156 cm³/mol. The first-order chi connectivity index (χ1) is 18.2. The second-order valence-corrected chi connectivity index (χ2v) is 10.1. The minimum absolute atomic E-state index is 0.192. The summed E-state index contributed by atoms with van der Waals surface area (Å²) in [6, 6.07) is 7.45. The van der Waals surface area contributed by atoms with Crippen molar-refractivity contribution in [2.24, 2.45) is 5.10 Å². The summed E-state index contributed by atoms with van der Waals surface area (Å²) < 4.78 is 23.4. The zero-order chi connectivity index (χ0) is 27.8. The Bertz CT molecular complexity index is 1270. The summed E-state index contributed by atoms with van der Waals surface area (Å²) in [4.78, 5) is 36.9. The third-order valence-electron chi connectivity index (χ3n) is 5.27. The van der Waals surface area contributed by atoms with E-state index in [0.29, 0.717) is 22.8 Å². The Hall–Kier alpha value is -3.08. The highest BCUT2D eigenvalue weighted by Crippen LogP contribution is 2.34. The molecule has 0 fully saturated rings. The van der Waals surface area contributed by atoms with Crippen LogP contribution < -0.4 is 30.3 Å². The van der Waals surface area contributed by atoms with Crippen LogP contribution in [-0.2, 0) is 14.3 Å². The lowest BCUT2D eigenvalue weighted by molar-refractivity contribution is -0.139. The average molecular weight is 748 g/mol. The number of hydrogen-bond acceptors (Lipinski definition) is 8. The van der Waals surface area contributed by atoms with E-state index in [1.54, 1.807) is 39.2 Å². The van der Waals surface area contributed by atoms with Gasteiger partial charge in [-0.25, -0.2) is 15.0 Å². The molecule has 0 unspecified atom stereocenters. The minimum Gasteiger partial charge on any atom is -0.495 e. The summed E-state index contributed by atoms with van der Waals surface area (Å²) in [7, 11) is 3.06. The van der Waals surface area contributed by atoms with Crippen molar-refractivity contribution in [3.63, 3.8) is 0 Å². The molecule has 1 heterocycles. The molecule has 38 heavy (non-hydrogen) atoms. The van der Waals surface area contributed by atoms with Gasteiger partial charge >= 0.3 is 12.0 Å². The summed E-state index contributed by atoms with van der Waals surface area (Å²) in [6.45, 7) is 3.21. The molecule has 0 aliphatic carbocycles. The SMILES string of the molecule is CCOC(=O)C1=C(C)NC(=O)N[C@@H]1c1ccc(OCC(=O)N/N=C\c2cc(I)c(OC)c(I)c2)c(OC)c1. The Morgan fingerprint density at radius 2 is 1.82 bits per heavy atom. The lowest BCUT2D eigenvalue weighted by Crippen LogP contribution is -2.45. The second-order valence-electron chi connectivity index (χ2n) is 7.80. The number of amides is 3. The summed E-state index contributed by atoms with van der Waals surface area (Å²) in [5.41, 5.74) is 4.47. The van der Waals surface area contributed by atoms with Crippen LogP contribution in [0.25, 0.3) is 0 Å². The summed E-state index contributed by atoms with van der Waals surface area (Å²) >= 11 is 4.34. The van der Waals surface area contributed by atoms with Gasteiger partial charge < -0.3 is 29.6 Å². The minimum atomic E-state index is -0.757. The third kappa shape index (κ3) is 7.27. The number of hydrogen-bond donors (Lipinski definition) is 3. The zero-order valence-corrected chi connectivity index (χ0v) is 25.3. The van der Waals surface area contributed by atoms with Crippen molar-refractivity contribution in [1.82, 2.24) is 16.1 Å². The maximum absolute atomic E-state index is 12.5. The molecular weight excluding hydrogens is 722 g/mol. The van der Waals surface area contributed by atoms with E-state index >= 15 is 0 Å². The van der Waals surface area contributed by atoms with Gasteiger partial charge in [-0.15, -0.1) is 0 Å². The Balaban J connectivity index is 1.68. The number of nitrogens with zero attached hydrogens (tertiary/aromatic N) is 1. The third-order valence-corrected chi connectivity index (χ3v) is 6.87. The monoisotopic (exact) mass is 748 g/mol. The molecule has 0 spiro atoms. The Labute approximate surface area is 247 Å². The zero-order valence-electron chi connectivity index (χ0n) is 21.0. The molecule has 3 N–H and O–H groups in total. The van der Waals surface area contributed by atoms with Gasteiger partial charge in [0.25, 0.3) is 5.91 Å². The number of nitrogens with one attached hydrogen (secondary N) is 3. The largest absolute Gasteiger partial charge is 0.495 e. The van der Waals surface area contributed by atoms with Gasteiger partial charge in [0, 0.05) is 5.70 Å². The van der Waals surface area contributed by atoms with E-state index in [1.807, 2.05) is 12.1 Å². The van der Waals surface area contributed by atoms with Crippen LogP contribution in [0.15, 0.2) is 46.7 Å². The first kappa shape index (κ1) is 29.5. The number of esters is 1. The van der Waals surface area contributed by atoms with Crippen molar-refractivity contribution in [3.8, 4) is 17.2 Å². The fourth-order valence-electron chi connectivity index (χ4n) is 3.61. The van der Waals surface area contributed by atoms with E-state index in [2.05, 4.69) is 66.3 Å². The number of urea groups is 1. The van der Waals surface area contributed by atoms with Gasteiger partial charge in [-0.3, -0.25) is 4.79 Å². The molecule has 3 amide bonds. The van der Waals surface area contributed by atoms with Crippen LogP contribution in [0.5, 0.6) is 17.2 Å². The maximum Gasteiger partial charge on any atom is 0.338 e. The average Bonchev–Trinajstić information content (AvgIpc) is 2.86. The van der Waals surface area contributed by atoms with E-state index in [1.165, 1.54) is 13.3 Å². The summed E-state index contributed by atoms with van der Waals surface area (Å²) in [5.74, 6) is 0.381. The molecule has 13 heteroatoms. The van der Waals surface area contributed by atoms with E-state index in [-0.39, 0.29) is 18.8 Å². The predicted octanol–water partition coefficient (Wildman–Crippen LogP) is 3.63. The first-order valence-electron chi connectivity index (χ1n) is 11.3. The number of methoxy groups -OCH3 is 2. The van der Waals surface area contributed by atoms with Gasteiger partial charge in [-0.05, 0) is 94.4 Å². The molecule has 2 aromatic carbocycles. The molecule has 3 rings (SSSR count). The van der Waals surface area contributed by atoms with Crippen LogP contribution in [0.3, 0.4) is 0 Å². The second kappa shape index (κ2) is 13.6. The van der Waals surface area contributed by atoms with Gasteiger partial charge in [-0.1, -0.05) is 6.07 Å². The molecule has 0 radical (unpaired) electrons. The number of benzene rings is 2. The molecule has 1 aliphatic rings. The standard InChI is InChI=1S/C25H26I2N4O7/c1-5-37-24(33)21-13(2)29-25(34)30-22(21)15-6-7-18(19(10-15)35-3)38-12-20(32)31-28-11-14-8-16(26)23(36-4)17(27)9-14/h6-11,22H,5,12H2,1-4H3,(H,31,32)(H2,29,30,34)/b28-11-/t22-/m1/s1. The molecular formula is C25H26I2N4O7. The van der Waals surface area contributed by atoms with Crippen molar-refractivity contribution < 1.29 is 33.3 Å². The fraction of sp³-hybridized carbons (Fsp3) is 0.280. The normalized spacial score (nSPS) is 15.0. The highest BCUT2D eigenvalue weighted by Gasteiger charge is 2.32. The Morgan fingerprint density at radius 1 is 1.11 bits per heavy atom. The van der Waals surface area contributed by atoms with Crippen molar-refractivity contribution in [1.29, 1.82) is 0 Å². The van der Waals surface area contributed by atoms with Crippen molar-refractivity contribution in [2.45, 2.75) is 19.9 Å². The topological polar surface area (TPSA) is 137 Å². The van der Waals surface area contributed by atoms with E-state index < -0.39 is 23.9 Å². The number of halogens is 2. The summed E-state index contributed by atoms with van der Waals surface area (Å²) in [6.07, 6.45) is 1.53. The highest BCUT2D eigenvalue weighted by atomic mass is 127. The Kier molecular flexibility index (Phi) is 10.6. The van der Waals surface area contributed by atoms with Crippen LogP contribution in [0.1, 0.15) is 31.0 Å². The van der Waals surface area contributed by atoms with Crippen molar-refractivity contribution >= 4 is 69.3 Å². The maximum atomic E-state index is 12.5. The molecule has 11 nitrogen and oxygen atoms in total. The lowest BCUT2D eigenvalue weighted by Gasteiger charge is -2.28. The molecule has 0 saturated heterocycles. The smallest absolute Gasteiger partial charge is 0.338 e. The number of allylic oxidation sites excluding steroid dienone is 1. The fourth-order valence-corrected chi connectivity index (χ4v) is 5.87. The summed E-state index contributed by atoms with van der Waals surface area (Å²) in [5, 5.41) is 9.30. The number of rotatable bonds is 10. The molecule has 0 aromatic heterocycles. The van der Waals surface area contributed by atoms with Gasteiger partial charge in [0.15, 0.2) is 18.1 Å². The van der Waals surface area contributed by atoms with E-state index in [0.717, 1.165) is 18.5 Å². The van der Waals surface area contributed by atoms with Crippen molar-refractivity contribution in [3.05, 3.63) is 59.9 Å². The molecule has 202 valence electrons. The molecule has 0 bridgehead atoms. The number of hydrazone groups is 1. The van der Waals surface area contributed by atoms with Crippen LogP contribution in [0, 0.1) is 7.14 Å². The molecule has 1 aliphatic heterocycles.